The molecular formula is C15H13F3N2O2S. The molecule has 2 aromatic rings. The van der Waals surface area contributed by atoms with Crippen LogP contribution in [-0.2, 0) is 6.54 Å². The number of thioether (sulfide) groups is 1. The van der Waals surface area contributed by atoms with Gasteiger partial charge in [-0.25, -0.2) is 4.99 Å². The molecule has 0 saturated carbocycles. The largest absolute Gasteiger partial charge is 0.467 e. The number of benzene rings is 1. The maximum Gasteiger partial charge on any atom is 0.437 e. The third-order valence-corrected chi connectivity index (χ3v) is 4.53. The fourth-order valence-electron chi connectivity index (χ4n) is 2.18. The lowest BCUT2D eigenvalue weighted by atomic mass is 10.2. The van der Waals surface area contributed by atoms with Crippen LogP contribution < -0.4 is 0 Å². The Morgan fingerprint density at radius 3 is 2.57 bits per heavy atom. The normalized spacial score (nSPS) is 23.7. The van der Waals surface area contributed by atoms with Crippen LogP contribution in [0.15, 0.2) is 58.1 Å². The summed E-state index contributed by atoms with van der Waals surface area (Å²) in [6, 6.07) is 11.8. The molecule has 1 unspecified atom stereocenters. The van der Waals surface area contributed by atoms with E-state index in [9.17, 15) is 18.3 Å². The summed E-state index contributed by atoms with van der Waals surface area (Å²) in [5.74, 6) is -0.223. The molecule has 1 aliphatic rings. The number of aliphatic imine (C=N–C) groups is 1. The number of aliphatic hydroxyl groups is 1. The van der Waals surface area contributed by atoms with E-state index in [4.69, 9.17) is 4.42 Å². The molecule has 1 aromatic carbocycles. The Balaban J connectivity index is 1.97. The minimum Gasteiger partial charge on any atom is -0.467 e. The van der Waals surface area contributed by atoms with Crippen molar-refractivity contribution in [3.05, 3.63) is 54.5 Å². The van der Waals surface area contributed by atoms with Crippen molar-refractivity contribution in [1.82, 2.24) is 4.90 Å². The molecule has 122 valence electrons. The summed E-state index contributed by atoms with van der Waals surface area (Å²) in [4.78, 5) is 5.07. The fourth-order valence-corrected chi connectivity index (χ4v) is 3.37. The predicted octanol–water partition coefficient (Wildman–Crippen LogP) is 3.77. The van der Waals surface area contributed by atoms with E-state index >= 15 is 0 Å². The Hall–Kier alpha value is -1.93. The summed E-state index contributed by atoms with van der Waals surface area (Å²) in [5, 5.41) is 10.3. The van der Waals surface area contributed by atoms with Crippen LogP contribution in [0.1, 0.15) is 5.76 Å². The van der Waals surface area contributed by atoms with Gasteiger partial charge in [0.05, 0.1) is 24.2 Å². The van der Waals surface area contributed by atoms with Crippen molar-refractivity contribution in [2.45, 2.75) is 18.4 Å². The van der Waals surface area contributed by atoms with E-state index in [1.165, 1.54) is 6.26 Å². The number of nitrogens with zero attached hydrogens (tertiary/aromatic N) is 2. The number of hydrogen-bond acceptors (Lipinski definition) is 4. The van der Waals surface area contributed by atoms with Gasteiger partial charge in [-0.1, -0.05) is 30.0 Å². The van der Waals surface area contributed by atoms with Crippen molar-refractivity contribution >= 4 is 22.6 Å². The van der Waals surface area contributed by atoms with Crippen molar-refractivity contribution in [2.75, 3.05) is 5.75 Å². The SMILES string of the molecule is OC1(C(F)(F)F)CSC(=Nc2ccccc2)N1Cc1ccco1. The van der Waals surface area contributed by atoms with E-state index in [1.54, 1.807) is 42.5 Å². The third kappa shape index (κ3) is 3.09. The monoisotopic (exact) mass is 342 g/mol. The average Bonchev–Trinajstić information content (AvgIpc) is 3.12. The molecule has 1 N–H and O–H groups in total. The summed E-state index contributed by atoms with van der Waals surface area (Å²) >= 11 is 0.865. The summed E-state index contributed by atoms with van der Waals surface area (Å²) in [6.07, 6.45) is -3.43. The minimum atomic E-state index is -4.81. The highest BCUT2D eigenvalue weighted by atomic mass is 32.2. The maximum atomic E-state index is 13.3. The second-order valence-electron chi connectivity index (χ2n) is 5.00. The highest BCUT2D eigenvalue weighted by molar-refractivity contribution is 8.14. The van der Waals surface area contributed by atoms with E-state index in [0.29, 0.717) is 11.4 Å². The topological polar surface area (TPSA) is 49.0 Å². The molecule has 4 nitrogen and oxygen atoms in total. The molecule has 8 heteroatoms. The van der Waals surface area contributed by atoms with Gasteiger partial charge in [-0.05, 0) is 24.3 Å². The summed E-state index contributed by atoms with van der Waals surface area (Å²) in [6.45, 7) is -0.221. The summed E-state index contributed by atoms with van der Waals surface area (Å²) in [7, 11) is 0. The van der Waals surface area contributed by atoms with Crippen LogP contribution in [0.3, 0.4) is 0 Å². The molecule has 1 saturated heterocycles. The van der Waals surface area contributed by atoms with Gasteiger partial charge < -0.3 is 14.4 Å². The number of rotatable bonds is 3. The molecule has 1 atom stereocenters. The molecule has 0 radical (unpaired) electrons. The molecule has 0 spiro atoms. The van der Waals surface area contributed by atoms with Crippen molar-refractivity contribution in [1.29, 1.82) is 0 Å². The van der Waals surface area contributed by atoms with Gasteiger partial charge in [0.25, 0.3) is 0 Å². The first-order chi connectivity index (χ1) is 10.9. The molecule has 2 heterocycles. The molecule has 1 fully saturated rings. The first-order valence-corrected chi connectivity index (χ1v) is 7.74. The zero-order valence-corrected chi connectivity index (χ0v) is 12.6. The van der Waals surface area contributed by atoms with E-state index in [1.807, 2.05) is 0 Å². The molecule has 0 amide bonds. The quantitative estimate of drug-likeness (QED) is 0.923. The number of hydrogen-bond donors (Lipinski definition) is 1. The highest BCUT2D eigenvalue weighted by Gasteiger charge is 2.62. The number of para-hydroxylation sites is 1. The number of alkyl halides is 3. The molecule has 0 aliphatic carbocycles. The van der Waals surface area contributed by atoms with Crippen LogP contribution in [0.2, 0.25) is 0 Å². The van der Waals surface area contributed by atoms with Crippen LogP contribution in [0.25, 0.3) is 0 Å². The second-order valence-corrected chi connectivity index (χ2v) is 5.94. The van der Waals surface area contributed by atoms with Crippen LogP contribution in [0, 0.1) is 0 Å². The van der Waals surface area contributed by atoms with Gasteiger partial charge in [-0.15, -0.1) is 0 Å². The van der Waals surface area contributed by atoms with Gasteiger partial charge in [-0.2, -0.15) is 13.2 Å². The standard InChI is InChI=1S/C15H13F3N2O2S/c16-15(17,18)14(21)10-23-13(19-11-5-2-1-3-6-11)20(14)9-12-7-4-8-22-12/h1-8,21H,9-10H2. The Labute approximate surface area is 134 Å². The van der Waals surface area contributed by atoms with Crippen molar-refractivity contribution in [3.8, 4) is 0 Å². The van der Waals surface area contributed by atoms with Gasteiger partial charge in [0.15, 0.2) is 5.17 Å². The zero-order valence-electron chi connectivity index (χ0n) is 11.8. The lowest BCUT2D eigenvalue weighted by molar-refractivity contribution is -0.290. The van der Waals surface area contributed by atoms with Crippen LogP contribution in [-0.4, -0.2) is 32.8 Å². The lowest BCUT2D eigenvalue weighted by Crippen LogP contribution is -2.57. The Morgan fingerprint density at radius 2 is 1.96 bits per heavy atom. The first kappa shape index (κ1) is 15.9. The van der Waals surface area contributed by atoms with Crippen LogP contribution in [0.5, 0.6) is 0 Å². The Morgan fingerprint density at radius 1 is 1.22 bits per heavy atom. The average molecular weight is 342 g/mol. The van der Waals surface area contributed by atoms with Gasteiger partial charge in [-0.3, -0.25) is 0 Å². The van der Waals surface area contributed by atoms with E-state index in [-0.39, 0.29) is 11.7 Å². The number of furan rings is 1. The van der Waals surface area contributed by atoms with Gasteiger partial charge in [0, 0.05) is 0 Å². The fraction of sp³-hybridized carbons (Fsp3) is 0.267. The predicted molar refractivity (Wildman–Crippen MR) is 81.3 cm³/mol. The molecule has 3 rings (SSSR count). The minimum absolute atomic E-state index is 0.104. The lowest BCUT2D eigenvalue weighted by Gasteiger charge is -2.34. The van der Waals surface area contributed by atoms with Crippen molar-refractivity contribution < 1.29 is 22.7 Å². The smallest absolute Gasteiger partial charge is 0.437 e. The van der Waals surface area contributed by atoms with Crippen LogP contribution >= 0.6 is 11.8 Å². The summed E-state index contributed by atoms with van der Waals surface area (Å²) < 4.78 is 45.2. The Kier molecular flexibility index (Phi) is 4.11. The highest BCUT2D eigenvalue weighted by Crippen LogP contribution is 2.44. The third-order valence-electron chi connectivity index (χ3n) is 3.41. The first-order valence-electron chi connectivity index (χ1n) is 6.76. The molecule has 23 heavy (non-hydrogen) atoms. The molecule has 1 aromatic heterocycles. The maximum absolute atomic E-state index is 13.3. The van der Waals surface area contributed by atoms with Gasteiger partial charge in [0.1, 0.15) is 5.76 Å². The molecular weight excluding hydrogens is 329 g/mol. The van der Waals surface area contributed by atoms with E-state index < -0.39 is 17.7 Å². The van der Waals surface area contributed by atoms with Crippen molar-refractivity contribution in [3.63, 3.8) is 0 Å². The Bertz CT molecular complexity index is 689. The summed E-state index contributed by atoms with van der Waals surface area (Å²) in [5.41, 5.74) is -2.45. The van der Waals surface area contributed by atoms with Gasteiger partial charge in [0.2, 0.25) is 5.72 Å². The molecule has 1 aliphatic heterocycles. The van der Waals surface area contributed by atoms with Crippen molar-refractivity contribution in [2.24, 2.45) is 4.99 Å². The number of halogens is 3. The molecule has 0 bridgehead atoms. The van der Waals surface area contributed by atoms with E-state index in [2.05, 4.69) is 4.99 Å². The van der Waals surface area contributed by atoms with E-state index in [0.717, 1.165) is 16.7 Å². The van der Waals surface area contributed by atoms with Gasteiger partial charge >= 0.3 is 6.18 Å². The number of amidine groups is 1. The van der Waals surface area contributed by atoms with Crippen LogP contribution in [0.4, 0.5) is 18.9 Å². The zero-order chi connectivity index (χ0) is 16.5. The second kappa shape index (κ2) is 5.93.